The van der Waals surface area contributed by atoms with Crippen LogP contribution in [0.5, 0.6) is 0 Å². The van der Waals surface area contributed by atoms with E-state index in [1.165, 1.54) is 18.1 Å². The number of ether oxygens (including phenoxy) is 1. The second kappa shape index (κ2) is 10.1. The lowest BCUT2D eigenvalue weighted by Crippen LogP contribution is -2.36. The molecule has 2 aromatic carbocycles. The van der Waals surface area contributed by atoms with Crippen LogP contribution >= 0.6 is 0 Å². The molecule has 0 saturated carbocycles. The van der Waals surface area contributed by atoms with Gasteiger partial charge < -0.3 is 20.5 Å². The summed E-state index contributed by atoms with van der Waals surface area (Å²) in [6, 6.07) is 16.3. The van der Waals surface area contributed by atoms with Crippen molar-refractivity contribution in [2.24, 2.45) is 11.8 Å². The minimum absolute atomic E-state index is 0.000855. The molecule has 0 aliphatic heterocycles. The molecule has 0 spiro atoms. The van der Waals surface area contributed by atoms with E-state index in [2.05, 4.69) is 34.9 Å². The van der Waals surface area contributed by atoms with Crippen LogP contribution in [0.15, 0.2) is 48.5 Å². The van der Waals surface area contributed by atoms with Crippen molar-refractivity contribution in [3.63, 3.8) is 0 Å². The number of hydrogen-bond acceptors (Lipinski definition) is 4. The van der Waals surface area contributed by atoms with Crippen LogP contribution < -0.4 is 10.6 Å². The maximum absolute atomic E-state index is 12.2. The zero-order valence-corrected chi connectivity index (χ0v) is 17.8. The smallest absolute Gasteiger partial charge is 0.407 e. The highest BCUT2D eigenvalue weighted by molar-refractivity contribution is 5.80. The summed E-state index contributed by atoms with van der Waals surface area (Å²) in [5, 5.41) is 14.2. The van der Waals surface area contributed by atoms with Crippen molar-refractivity contribution in [3.05, 3.63) is 59.7 Å². The molecule has 2 amide bonds. The van der Waals surface area contributed by atoms with Crippen LogP contribution in [-0.4, -0.2) is 42.8 Å². The van der Waals surface area contributed by atoms with Gasteiger partial charge in [-0.2, -0.15) is 0 Å². The predicted octanol–water partition coefficient (Wildman–Crippen LogP) is 3.39. The first kappa shape index (κ1) is 22.3. The Morgan fingerprint density at radius 3 is 2.10 bits per heavy atom. The lowest BCUT2D eigenvalue weighted by Gasteiger charge is -2.16. The van der Waals surface area contributed by atoms with Gasteiger partial charge in [0.2, 0.25) is 5.91 Å². The maximum Gasteiger partial charge on any atom is 0.407 e. The summed E-state index contributed by atoms with van der Waals surface area (Å²) in [5.41, 5.74) is 4.64. The SMILES string of the molecule is CC(CNC(=O)C(C)CCNC(=O)OCC1c2ccccc2-c2ccccc21)C(=O)O. The Hall–Kier alpha value is -3.35. The predicted molar refractivity (Wildman–Crippen MR) is 117 cm³/mol. The molecular formula is C24H28N2O5. The van der Waals surface area contributed by atoms with Gasteiger partial charge in [-0.3, -0.25) is 9.59 Å². The van der Waals surface area contributed by atoms with E-state index < -0.39 is 18.0 Å². The maximum atomic E-state index is 12.2. The Morgan fingerprint density at radius 1 is 0.935 bits per heavy atom. The number of aliphatic carboxylic acids is 1. The number of fused-ring (bicyclic) bond motifs is 3. The van der Waals surface area contributed by atoms with E-state index >= 15 is 0 Å². The highest BCUT2D eigenvalue weighted by atomic mass is 16.5. The molecule has 2 aromatic rings. The van der Waals surface area contributed by atoms with E-state index in [9.17, 15) is 14.4 Å². The van der Waals surface area contributed by atoms with E-state index in [0.717, 1.165) is 11.1 Å². The van der Waals surface area contributed by atoms with Gasteiger partial charge in [0.1, 0.15) is 6.61 Å². The molecule has 0 bridgehead atoms. The Kier molecular flexibility index (Phi) is 7.28. The van der Waals surface area contributed by atoms with Crippen molar-refractivity contribution in [1.82, 2.24) is 10.6 Å². The molecule has 31 heavy (non-hydrogen) atoms. The lowest BCUT2D eigenvalue weighted by molar-refractivity contribution is -0.141. The highest BCUT2D eigenvalue weighted by Gasteiger charge is 2.29. The van der Waals surface area contributed by atoms with Crippen LogP contribution in [0.1, 0.15) is 37.3 Å². The molecule has 0 aromatic heterocycles. The molecule has 3 N–H and O–H groups in total. The van der Waals surface area contributed by atoms with Crippen molar-refractivity contribution < 1.29 is 24.2 Å². The molecule has 0 saturated heterocycles. The standard InChI is InChI=1S/C24H28N2O5/c1-15(22(27)26-13-16(2)23(28)29)11-12-25-24(30)31-14-21-19-9-5-3-7-17(19)18-8-4-6-10-20(18)21/h3-10,15-16,21H,11-14H2,1-2H3,(H,25,30)(H,26,27)(H,28,29). The van der Waals surface area contributed by atoms with Crippen LogP contribution in [0.3, 0.4) is 0 Å². The molecule has 2 atom stereocenters. The van der Waals surface area contributed by atoms with Gasteiger partial charge in [0, 0.05) is 24.9 Å². The molecule has 7 heteroatoms. The summed E-state index contributed by atoms with van der Waals surface area (Å²) >= 11 is 0. The number of hydrogen-bond donors (Lipinski definition) is 3. The Balaban J connectivity index is 1.44. The quantitative estimate of drug-likeness (QED) is 0.572. The summed E-state index contributed by atoms with van der Waals surface area (Å²) in [5.74, 6) is -2.18. The summed E-state index contributed by atoms with van der Waals surface area (Å²) in [7, 11) is 0. The summed E-state index contributed by atoms with van der Waals surface area (Å²) in [6.07, 6.45) is -0.0914. The van der Waals surface area contributed by atoms with Crippen molar-refractivity contribution >= 4 is 18.0 Å². The van der Waals surface area contributed by atoms with Crippen LogP contribution in [0, 0.1) is 11.8 Å². The van der Waals surface area contributed by atoms with Gasteiger partial charge in [-0.1, -0.05) is 62.4 Å². The number of rotatable bonds is 9. The first-order chi connectivity index (χ1) is 14.9. The molecule has 2 unspecified atom stereocenters. The van der Waals surface area contributed by atoms with Gasteiger partial charge in [-0.05, 0) is 28.7 Å². The third kappa shape index (κ3) is 5.42. The average Bonchev–Trinajstić information content (AvgIpc) is 3.09. The van der Waals surface area contributed by atoms with Crippen molar-refractivity contribution in [1.29, 1.82) is 0 Å². The zero-order valence-electron chi connectivity index (χ0n) is 17.8. The third-order valence-electron chi connectivity index (χ3n) is 5.64. The summed E-state index contributed by atoms with van der Waals surface area (Å²) in [6.45, 7) is 3.88. The molecule has 1 aliphatic carbocycles. The molecule has 7 nitrogen and oxygen atoms in total. The first-order valence-electron chi connectivity index (χ1n) is 10.5. The second-order valence-electron chi connectivity index (χ2n) is 7.93. The van der Waals surface area contributed by atoms with E-state index in [1.54, 1.807) is 6.92 Å². The first-order valence-corrected chi connectivity index (χ1v) is 10.5. The van der Waals surface area contributed by atoms with Crippen molar-refractivity contribution in [2.75, 3.05) is 19.7 Å². The number of carboxylic acids is 1. The van der Waals surface area contributed by atoms with Gasteiger partial charge in [-0.25, -0.2) is 4.79 Å². The van der Waals surface area contributed by atoms with Crippen LogP contribution in [0.4, 0.5) is 4.79 Å². The van der Waals surface area contributed by atoms with E-state index in [0.29, 0.717) is 13.0 Å². The topological polar surface area (TPSA) is 105 Å². The molecule has 164 valence electrons. The van der Waals surface area contributed by atoms with Crippen molar-refractivity contribution in [2.45, 2.75) is 26.2 Å². The van der Waals surface area contributed by atoms with Gasteiger partial charge in [0.25, 0.3) is 0 Å². The average molecular weight is 424 g/mol. The molecule has 0 radical (unpaired) electrons. The molecule has 0 fully saturated rings. The number of carbonyl (C=O) groups excluding carboxylic acids is 2. The number of carbonyl (C=O) groups is 3. The minimum Gasteiger partial charge on any atom is -0.481 e. The third-order valence-corrected chi connectivity index (χ3v) is 5.64. The number of nitrogens with one attached hydrogen (secondary N) is 2. The van der Waals surface area contributed by atoms with Gasteiger partial charge in [-0.15, -0.1) is 0 Å². The number of carboxylic acid groups (broad SMARTS) is 1. The second-order valence-corrected chi connectivity index (χ2v) is 7.93. The van der Waals surface area contributed by atoms with E-state index in [1.807, 2.05) is 24.3 Å². The van der Waals surface area contributed by atoms with E-state index in [4.69, 9.17) is 9.84 Å². The Labute approximate surface area is 181 Å². The Morgan fingerprint density at radius 2 is 1.52 bits per heavy atom. The van der Waals surface area contributed by atoms with Gasteiger partial charge in [0.05, 0.1) is 5.92 Å². The fourth-order valence-electron chi connectivity index (χ4n) is 3.69. The molecule has 0 heterocycles. The van der Waals surface area contributed by atoms with Crippen LogP contribution in [0.25, 0.3) is 11.1 Å². The number of benzene rings is 2. The summed E-state index contributed by atoms with van der Waals surface area (Å²) < 4.78 is 5.47. The Bertz CT molecular complexity index is 913. The van der Waals surface area contributed by atoms with Gasteiger partial charge >= 0.3 is 12.1 Å². The molecule has 3 rings (SSSR count). The van der Waals surface area contributed by atoms with E-state index in [-0.39, 0.29) is 30.9 Å². The van der Waals surface area contributed by atoms with Gasteiger partial charge in [0.15, 0.2) is 0 Å². The molecule has 1 aliphatic rings. The minimum atomic E-state index is -0.954. The normalized spacial score (nSPS) is 14.1. The summed E-state index contributed by atoms with van der Waals surface area (Å²) in [4.78, 5) is 35.0. The highest BCUT2D eigenvalue weighted by Crippen LogP contribution is 2.44. The fourth-order valence-corrected chi connectivity index (χ4v) is 3.69. The number of amides is 2. The fraction of sp³-hybridized carbons (Fsp3) is 0.375. The lowest BCUT2D eigenvalue weighted by atomic mass is 9.98. The monoisotopic (exact) mass is 424 g/mol. The molecular weight excluding hydrogens is 396 g/mol. The zero-order chi connectivity index (χ0) is 22.4. The largest absolute Gasteiger partial charge is 0.481 e. The van der Waals surface area contributed by atoms with Crippen LogP contribution in [0.2, 0.25) is 0 Å². The number of alkyl carbamates (subject to hydrolysis) is 1. The van der Waals surface area contributed by atoms with Crippen LogP contribution in [-0.2, 0) is 14.3 Å². The van der Waals surface area contributed by atoms with Crippen molar-refractivity contribution in [3.8, 4) is 11.1 Å².